The van der Waals surface area contributed by atoms with Crippen LogP contribution in [0.5, 0.6) is 0 Å². The highest BCUT2D eigenvalue weighted by Gasteiger charge is 2.13. The third kappa shape index (κ3) is 4.12. The Kier molecular flexibility index (Phi) is 6.12. The number of anilines is 1. The van der Waals surface area contributed by atoms with Gasteiger partial charge in [0.25, 0.3) is 0 Å². The van der Waals surface area contributed by atoms with Crippen molar-refractivity contribution in [1.82, 2.24) is 4.98 Å². The Bertz CT molecular complexity index is 402. The number of nitrogens with zero attached hydrogens (tertiary/aromatic N) is 3. The molecular formula is C14H24N4O. The average molecular weight is 264 g/mol. The highest BCUT2D eigenvalue weighted by molar-refractivity contribution is 5.95. The van der Waals surface area contributed by atoms with Crippen molar-refractivity contribution in [1.29, 1.82) is 0 Å². The van der Waals surface area contributed by atoms with Crippen molar-refractivity contribution in [3.05, 3.63) is 24.0 Å². The fourth-order valence-corrected chi connectivity index (χ4v) is 1.91. The van der Waals surface area contributed by atoms with E-state index in [2.05, 4.69) is 35.8 Å². The first-order chi connectivity index (χ1) is 9.13. The molecule has 106 valence electrons. The van der Waals surface area contributed by atoms with Crippen LogP contribution in [0.15, 0.2) is 23.5 Å². The minimum atomic E-state index is 0.0372. The van der Waals surface area contributed by atoms with Crippen LogP contribution in [0.4, 0.5) is 5.69 Å². The number of aromatic nitrogens is 1. The fraction of sp³-hybridized carbons (Fsp3) is 0.571. The van der Waals surface area contributed by atoms with Crippen molar-refractivity contribution in [2.24, 2.45) is 10.9 Å². The summed E-state index contributed by atoms with van der Waals surface area (Å²) in [5, 5.41) is 11.6. The van der Waals surface area contributed by atoms with Crippen LogP contribution >= 0.6 is 0 Å². The second kappa shape index (κ2) is 7.61. The van der Waals surface area contributed by atoms with Crippen molar-refractivity contribution in [3.8, 4) is 0 Å². The number of pyridine rings is 1. The fourth-order valence-electron chi connectivity index (χ4n) is 1.91. The normalized spacial score (nSPS) is 13.3. The van der Waals surface area contributed by atoms with E-state index in [9.17, 15) is 0 Å². The van der Waals surface area contributed by atoms with Crippen molar-refractivity contribution in [2.75, 3.05) is 11.4 Å². The van der Waals surface area contributed by atoms with Gasteiger partial charge in [-0.2, -0.15) is 0 Å². The van der Waals surface area contributed by atoms with Gasteiger partial charge in [0.05, 0.1) is 11.9 Å². The number of hydrogen-bond donors (Lipinski definition) is 2. The van der Waals surface area contributed by atoms with Crippen molar-refractivity contribution < 1.29 is 5.21 Å². The van der Waals surface area contributed by atoms with Gasteiger partial charge in [-0.3, -0.25) is 4.98 Å². The molecule has 0 aliphatic heterocycles. The molecule has 5 nitrogen and oxygen atoms in total. The second-order valence-corrected chi connectivity index (χ2v) is 4.69. The highest BCUT2D eigenvalue weighted by atomic mass is 16.4. The Hall–Kier alpha value is -1.78. The zero-order valence-corrected chi connectivity index (χ0v) is 12.0. The molecule has 0 spiro atoms. The monoisotopic (exact) mass is 264 g/mol. The Morgan fingerprint density at radius 1 is 1.47 bits per heavy atom. The molecule has 0 saturated heterocycles. The molecule has 5 heteroatoms. The predicted octanol–water partition coefficient (Wildman–Crippen LogP) is 2.58. The molecule has 1 aromatic heterocycles. The Morgan fingerprint density at radius 2 is 2.21 bits per heavy atom. The zero-order valence-electron chi connectivity index (χ0n) is 12.0. The summed E-state index contributed by atoms with van der Waals surface area (Å²) in [5.74, 6) is 0.0372. The molecule has 0 amide bonds. The van der Waals surface area contributed by atoms with Crippen molar-refractivity contribution in [3.63, 3.8) is 0 Å². The lowest BCUT2D eigenvalue weighted by atomic mass is 10.1. The number of hydrogen-bond acceptors (Lipinski definition) is 4. The summed E-state index contributed by atoms with van der Waals surface area (Å²) in [5.41, 5.74) is 7.08. The molecule has 19 heavy (non-hydrogen) atoms. The molecule has 1 atom stereocenters. The number of amidine groups is 1. The first kappa shape index (κ1) is 15.3. The first-order valence-electron chi connectivity index (χ1n) is 6.84. The molecule has 0 aliphatic carbocycles. The maximum Gasteiger partial charge on any atom is 0.188 e. The summed E-state index contributed by atoms with van der Waals surface area (Å²) in [6.45, 7) is 7.61. The van der Waals surface area contributed by atoms with Gasteiger partial charge in [0, 0.05) is 12.6 Å². The van der Waals surface area contributed by atoms with Crippen LogP contribution in [0.2, 0.25) is 0 Å². The quantitative estimate of drug-likeness (QED) is 0.343. The van der Waals surface area contributed by atoms with E-state index in [0.29, 0.717) is 11.7 Å². The van der Waals surface area contributed by atoms with E-state index in [1.54, 1.807) is 12.3 Å². The van der Waals surface area contributed by atoms with Crippen molar-refractivity contribution in [2.45, 2.75) is 46.1 Å². The maximum absolute atomic E-state index is 8.62. The summed E-state index contributed by atoms with van der Waals surface area (Å²) < 4.78 is 0. The summed E-state index contributed by atoms with van der Waals surface area (Å²) in [6.07, 6.45) is 5.20. The number of unbranched alkanes of at least 4 members (excludes halogenated alkanes) is 1. The van der Waals surface area contributed by atoms with Crippen LogP contribution in [0.25, 0.3) is 0 Å². The number of oxime groups is 1. The third-order valence-electron chi connectivity index (χ3n) is 3.33. The molecule has 3 N–H and O–H groups in total. The van der Waals surface area contributed by atoms with Gasteiger partial charge in [0.2, 0.25) is 0 Å². The average Bonchev–Trinajstić information content (AvgIpc) is 2.47. The molecule has 0 bridgehead atoms. The van der Waals surface area contributed by atoms with Crippen LogP contribution in [0.1, 0.15) is 45.7 Å². The highest BCUT2D eigenvalue weighted by Crippen LogP contribution is 2.18. The molecule has 1 aromatic rings. The van der Waals surface area contributed by atoms with Gasteiger partial charge in [0.1, 0.15) is 5.69 Å². The second-order valence-electron chi connectivity index (χ2n) is 4.69. The van der Waals surface area contributed by atoms with Gasteiger partial charge in [-0.1, -0.05) is 25.4 Å². The van der Waals surface area contributed by atoms with E-state index in [-0.39, 0.29) is 5.84 Å². The molecule has 0 aliphatic rings. The van der Waals surface area contributed by atoms with Crippen LogP contribution < -0.4 is 10.6 Å². The minimum absolute atomic E-state index is 0.0372. The van der Waals surface area contributed by atoms with Crippen LogP contribution in [0.3, 0.4) is 0 Å². The van der Waals surface area contributed by atoms with Crippen molar-refractivity contribution >= 4 is 11.5 Å². The van der Waals surface area contributed by atoms with Gasteiger partial charge in [-0.15, -0.1) is 0 Å². The van der Waals surface area contributed by atoms with Gasteiger partial charge in [0.15, 0.2) is 5.84 Å². The Morgan fingerprint density at radius 3 is 2.68 bits per heavy atom. The summed E-state index contributed by atoms with van der Waals surface area (Å²) in [7, 11) is 0. The Labute approximate surface area is 115 Å². The molecule has 0 radical (unpaired) electrons. The number of rotatable bonds is 7. The maximum atomic E-state index is 8.62. The lowest BCUT2D eigenvalue weighted by molar-refractivity contribution is 0.318. The van der Waals surface area contributed by atoms with E-state index in [1.807, 2.05) is 6.07 Å². The van der Waals surface area contributed by atoms with E-state index in [1.165, 1.54) is 6.42 Å². The Balaban J connectivity index is 2.90. The van der Waals surface area contributed by atoms with E-state index < -0.39 is 0 Å². The number of nitrogens with two attached hydrogens (primary N) is 1. The van der Waals surface area contributed by atoms with Crippen LogP contribution in [-0.2, 0) is 0 Å². The molecule has 1 heterocycles. The molecular weight excluding hydrogens is 240 g/mol. The third-order valence-corrected chi connectivity index (χ3v) is 3.33. The van der Waals surface area contributed by atoms with Gasteiger partial charge < -0.3 is 15.8 Å². The van der Waals surface area contributed by atoms with Gasteiger partial charge >= 0.3 is 0 Å². The molecule has 0 saturated carbocycles. The lowest BCUT2D eigenvalue weighted by Gasteiger charge is -2.30. The topological polar surface area (TPSA) is 74.7 Å². The SMILES string of the molecule is CCCCN(c1ccc(/C(N)=N/O)nc1)C(C)CC. The standard InChI is InChI=1S/C14H24N4O/c1-4-6-9-18(11(3)5-2)12-7-8-13(16-10-12)14(15)17-19/h7-8,10-11,19H,4-6,9H2,1-3H3,(H2,15,17). The molecule has 1 unspecified atom stereocenters. The van der Waals surface area contributed by atoms with Gasteiger partial charge in [-0.25, -0.2) is 0 Å². The summed E-state index contributed by atoms with van der Waals surface area (Å²) in [6, 6.07) is 4.23. The van der Waals surface area contributed by atoms with E-state index >= 15 is 0 Å². The van der Waals surface area contributed by atoms with E-state index in [4.69, 9.17) is 10.9 Å². The first-order valence-corrected chi connectivity index (χ1v) is 6.84. The van der Waals surface area contributed by atoms with Crippen LogP contribution in [0, 0.1) is 0 Å². The molecule has 0 aromatic carbocycles. The largest absolute Gasteiger partial charge is 0.409 e. The minimum Gasteiger partial charge on any atom is -0.409 e. The summed E-state index contributed by atoms with van der Waals surface area (Å²) >= 11 is 0. The predicted molar refractivity (Wildman–Crippen MR) is 78.8 cm³/mol. The van der Waals surface area contributed by atoms with Crippen LogP contribution in [-0.4, -0.2) is 28.6 Å². The van der Waals surface area contributed by atoms with E-state index in [0.717, 1.165) is 25.1 Å². The summed E-state index contributed by atoms with van der Waals surface area (Å²) in [4.78, 5) is 6.59. The molecule has 1 rings (SSSR count). The molecule has 0 fully saturated rings. The van der Waals surface area contributed by atoms with Gasteiger partial charge in [-0.05, 0) is 31.9 Å². The smallest absolute Gasteiger partial charge is 0.188 e. The lowest BCUT2D eigenvalue weighted by Crippen LogP contribution is -2.33. The zero-order chi connectivity index (χ0) is 14.3.